The zero-order valence-corrected chi connectivity index (χ0v) is 13.0. The molecule has 0 radical (unpaired) electrons. The van der Waals surface area contributed by atoms with Gasteiger partial charge in [-0.05, 0) is 32.9 Å². The highest BCUT2D eigenvalue weighted by atomic mass is 35.5. The second-order valence-corrected chi connectivity index (χ2v) is 4.55. The minimum Gasteiger partial charge on any atom is -0.481 e. The zero-order valence-electron chi connectivity index (χ0n) is 12.2. The van der Waals surface area contributed by atoms with Crippen molar-refractivity contribution >= 4 is 12.4 Å². The molecule has 3 nitrogen and oxygen atoms in total. The second kappa shape index (κ2) is 11.6. The van der Waals surface area contributed by atoms with Gasteiger partial charge in [0.2, 0.25) is 0 Å². The molecule has 4 heteroatoms. The van der Waals surface area contributed by atoms with Crippen molar-refractivity contribution in [3.63, 3.8) is 0 Å². The van der Waals surface area contributed by atoms with E-state index in [1.807, 2.05) is 38.1 Å². The van der Waals surface area contributed by atoms with Crippen LogP contribution in [0, 0.1) is 12.3 Å². The summed E-state index contributed by atoms with van der Waals surface area (Å²) in [7, 11) is 0. The molecule has 0 heterocycles. The Bertz CT molecular complexity index is 402. The van der Waals surface area contributed by atoms with E-state index in [0.717, 1.165) is 37.4 Å². The maximum atomic E-state index is 5.50. The molecular weight excluding hydrogens is 274 g/mol. The van der Waals surface area contributed by atoms with Crippen molar-refractivity contribution in [1.82, 2.24) is 5.32 Å². The number of terminal acetylenes is 1. The lowest BCUT2D eigenvalue weighted by atomic mass is 10.2. The Morgan fingerprint density at radius 1 is 1.30 bits per heavy atom. The summed E-state index contributed by atoms with van der Waals surface area (Å²) in [4.78, 5) is 0. The number of benzene rings is 1. The minimum atomic E-state index is 0. The maximum absolute atomic E-state index is 5.50. The molecule has 0 atom stereocenters. The summed E-state index contributed by atoms with van der Waals surface area (Å²) in [5, 5.41) is 3.38. The quantitative estimate of drug-likeness (QED) is 0.561. The minimum absolute atomic E-state index is 0. The van der Waals surface area contributed by atoms with E-state index in [4.69, 9.17) is 15.9 Å². The number of hydrogen-bond acceptors (Lipinski definition) is 3. The summed E-state index contributed by atoms with van der Waals surface area (Å²) in [5.74, 6) is 3.33. The molecule has 0 aromatic heterocycles. The lowest BCUT2D eigenvalue weighted by Crippen LogP contribution is -2.18. The van der Waals surface area contributed by atoms with Crippen molar-refractivity contribution < 1.29 is 9.47 Å². The Balaban J connectivity index is 0.00000361. The SMILES string of the molecule is C#CCOc1ccccc1CNCCCOC(C)C.Cl. The summed E-state index contributed by atoms with van der Waals surface area (Å²) >= 11 is 0. The standard InChI is InChI=1S/C16H23NO2.ClH/c1-4-11-19-16-9-6-5-8-15(16)13-17-10-7-12-18-14(2)3;/h1,5-6,8-9,14,17H,7,10-13H2,2-3H3;1H. The number of ether oxygens (including phenoxy) is 2. The average Bonchev–Trinajstić information content (AvgIpc) is 2.41. The fourth-order valence-corrected chi connectivity index (χ4v) is 1.65. The lowest BCUT2D eigenvalue weighted by Gasteiger charge is -2.11. The molecule has 1 aromatic carbocycles. The number of hydrogen-bond donors (Lipinski definition) is 1. The molecule has 0 spiro atoms. The first-order valence-electron chi connectivity index (χ1n) is 6.70. The molecule has 112 valence electrons. The molecule has 1 N–H and O–H groups in total. The van der Waals surface area contributed by atoms with E-state index in [1.165, 1.54) is 0 Å². The molecule has 0 saturated heterocycles. The second-order valence-electron chi connectivity index (χ2n) is 4.55. The van der Waals surface area contributed by atoms with Crippen molar-refractivity contribution in [3.05, 3.63) is 29.8 Å². The smallest absolute Gasteiger partial charge is 0.148 e. The molecule has 0 aliphatic heterocycles. The lowest BCUT2D eigenvalue weighted by molar-refractivity contribution is 0.0770. The van der Waals surface area contributed by atoms with Crippen molar-refractivity contribution in [1.29, 1.82) is 0 Å². The van der Waals surface area contributed by atoms with Crippen LogP contribution in [0.25, 0.3) is 0 Å². The fraction of sp³-hybridized carbons (Fsp3) is 0.500. The molecule has 0 aliphatic carbocycles. The third kappa shape index (κ3) is 8.06. The van der Waals surface area contributed by atoms with Crippen molar-refractivity contribution in [2.45, 2.75) is 32.9 Å². The summed E-state index contributed by atoms with van der Waals surface area (Å²) in [6, 6.07) is 7.94. The van der Waals surface area contributed by atoms with Crippen LogP contribution < -0.4 is 10.1 Å². The first kappa shape index (κ1) is 18.8. The average molecular weight is 298 g/mol. The highest BCUT2D eigenvalue weighted by molar-refractivity contribution is 5.85. The Morgan fingerprint density at radius 3 is 2.75 bits per heavy atom. The van der Waals surface area contributed by atoms with Crippen molar-refractivity contribution in [2.75, 3.05) is 19.8 Å². The molecule has 0 fully saturated rings. The number of para-hydroxylation sites is 1. The summed E-state index contributed by atoms with van der Waals surface area (Å²) in [6.45, 7) is 6.90. The highest BCUT2D eigenvalue weighted by Gasteiger charge is 2.01. The first-order valence-corrected chi connectivity index (χ1v) is 6.70. The van der Waals surface area contributed by atoms with Crippen LogP contribution in [-0.2, 0) is 11.3 Å². The van der Waals surface area contributed by atoms with E-state index in [1.54, 1.807) is 0 Å². The van der Waals surface area contributed by atoms with Crippen LogP contribution >= 0.6 is 12.4 Å². The van der Waals surface area contributed by atoms with Crippen LogP contribution in [0.4, 0.5) is 0 Å². The van der Waals surface area contributed by atoms with Crippen LogP contribution in [0.2, 0.25) is 0 Å². The summed E-state index contributed by atoms with van der Waals surface area (Å²) in [6.07, 6.45) is 6.51. The predicted molar refractivity (Wildman–Crippen MR) is 85.4 cm³/mol. The molecule has 0 saturated carbocycles. The van der Waals surface area contributed by atoms with Crippen molar-refractivity contribution in [3.8, 4) is 18.1 Å². The number of rotatable bonds is 9. The Kier molecular flexibility index (Phi) is 10.9. The van der Waals surface area contributed by atoms with E-state index in [2.05, 4.69) is 11.2 Å². The Morgan fingerprint density at radius 2 is 2.05 bits per heavy atom. The molecule has 1 aromatic rings. The van der Waals surface area contributed by atoms with Gasteiger partial charge in [-0.1, -0.05) is 24.1 Å². The van der Waals surface area contributed by atoms with Gasteiger partial charge in [0.05, 0.1) is 6.10 Å². The van der Waals surface area contributed by atoms with Gasteiger partial charge < -0.3 is 14.8 Å². The van der Waals surface area contributed by atoms with Gasteiger partial charge in [-0.3, -0.25) is 0 Å². The van der Waals surface area contributed by atoms with Gasteiger partial charge in [0, 0.05) is 18.7 Å². The number of halogens is 1. The van der Waals surface area contributed by atoms with Crippen LogP contribution in [0.3, 0.4) is 0 Å². The van der Waals surface area contributed by atoms with E-state index in [-0.39, 0.29) is 12.4 Å². The summed E-state index contributed by atoms with van der Waals surface area (Å²) < 4.78 is 11.0. The van der Waals surface area contributed by atoms with Crippen molar-refractivity contribution in [2.24, 2.45) is 0 Å². The molecule has 0 amide bonds. The topological polar surface area (TPSA) is 30.5 Å². The molecule has 0 unspecified atom stereocenters. The Hall–Kier alpha value is -1.21. The Labute approximate surface area is 128 Å². The third-order valence-corrected chi connectivity index (χ3v) is 2.55. The van der Waals surface area contributed by atoms with Gasteiger partial charge in [-0.25, -0.2) is 0 Å². The number of nitrogens with one attached hydrogen (secondary N) is 1. The van der Waals surface area contributed by atoms with Gasteiger partial charge >= 0.3 is 0 Å². The van der Waals surface area contributed by atoms with Crippen LogP contribution in [0.5, 0.6) is 5.75 Å². The van der Waals surface area contributed by atoms with Crippen LogP contribution in [-0.4, -0.2) is 25.9 Å². The van der Waals surface area contributed by atoms with E-state index in [9.17, 15) is 0 Å². The zero-order chi connectivity index (χ0) is 13.9. The van der Waals surface area contributed by atoms with Gasteiger partial charge in [0.15, 0.2) is 0 Å². The van der Waals surface area contributed by atoms with E-state index in [0.29, 0.717) is 12.7 Å². The van der Waals surface area contributed by atoms with E-state index < -0.39 is 0 Å². The van der Waals surface area contributed by atoms with E-state index >= 15 is 0 Å². The largest absolute Gasteiger partial charge is 0.481 e. The van der Waals surface area contributed by atoms with Gasteiger partial charge in [0.25, 0.3) is 0 Å². The monoisotopic (exact) mass is 297 g/mol. The van der Waals surface area contributed by atoms with Crippen LogP contribution in [0.15, 0.2) is 24.3 Å². The maximum Gasteiger partial charge on any atom is 0.148 e. The molecular formula is C16H24ClNO2. The third-order valence-electron chi connectivity index (χ3n) is 2.55. The normalized spacial score (nSPS) is 9.90. The molecule has 1 rings (SSSR count). The molecule has 20 heavy (non-hydrogen) atoms. The van der Waals surface area contributed by atoms with Gasteiger partial charge in [-0.15, -0.1) is 18.8 Å². The van der Waals surface area contributed by atoms with Gasteiger partial charge in [0.1, 0.15) is 12.4 Å². The first-order chi connectivity index (χ1) is 9.24. The fourth-order valence-electron chi connectivity index (χ4n) is 1.65. The molecule has 0 aliphatic rings. The van der Waals surface area contributed by atoms with Gasteiger partial charge in [-0.2, -0.15) is 0 Å². The summed E-state index contributed by atoms with van der Waals surface area (Å²) in [5.41, 5.74) is 1.13. The highest BCUT2D eigenvalue weighted by Crippen LogP contribution is 2.17. The molecule has 0 bridgehead atoms. The van der Waals surface area contributed by atoms with Crippen LogP contribution in [0.1, 0.15) is 25.8 Å². The predicted octanol–water partition coefficient (Wildman–Crippen LogP) is 3.03.